The van der Waals surface area contributed by atoms with Crippen LogP contribution in [0.4, 0.5) is 0 Å². The molecular weight excluding hydrogens is 420 g/mol. The first-order valence-corrected chi connectivity index (χ1v) is 12.0. The van der Waals surface area contributed by atoms with Gasteiger partial charge < -0.3 is 21.0 Å². The molecule has 5 rings (SSSR count). The summed E-state index contributed by atoms with van der Waals surface area (Å²) in [4.78, 5) is 16.0. The summed E-state index contributed by atoms with van der Waals surface area (Å²) in [7, 11) is 0. The zero-order valence-corrected chi connectivity index (χ0v) is 19.3. The zero-order valence-electron chi connectivity index (χ0n) is 19.3. The summed E-state index contributed by atoms with van der Waals surface area (Å²) in [5, 5.41) is 3.49. The van der Waals surface area contributed by atoms with E-state index in [1.54, 1.807) is 0 Å². The fourth-order valence-electron chi connectivity index (χ4n) is 4.32. The topological polar surface area (TPSA) is 95.4 Å². The number of aromatic amines is 2. The summed E-state index contributed by atoms with van der Waals surface area (Å²) in [6, 6.07) is 16.9. The Morgan fingerprint density at radius 1 is 0.882 bits per heavy atom. The van der Waals surface area contributed by atoms with Crippen LogP contribution >= 0.6 is 0 Å². The molecule has 1 fully saturated rings. The Kier molecular flexibility index (Phi) is 6.85. The van der Waals surface area contributed by atoms with Gasteiger partial charge in [0.2, 0.25) is 0 Å². The molecule has 0 amide bonds. The van der Waals surface area contributed by atoms with E-state index < -0.39 is 0 Å². The molecule has 1 saturated heterocycles. The third kappa shape index (κ3) is 5.28. The van der Waals surface area contributed by atoms with E-state index in [0.717, 1.165) is 84.1 Å². The first-order valence-electron chi connectivity index (χ1n) is 12.0. The van der Waals surface area contributed by atoms with Crippen LogP contribution in [0.3, 0.4) is 0 Å². The van der Waals surface area contributed by atoms with Crippen LogP contribution in [0.1, 0.15) is 54.5 Å². The van der Waals surface area contributed by atoms with E-state index in [2.05, 4.69) is 61.4 Å². The van der Waals surface area contributed by atoms with Gasteiger partial charge >= 0.3 is 0 Å². The highest BCUT2D eigenvalue weighted by Gasteiger charge is 2.19. The van der Waals surface area contributed by atoms with Crippen LogP contribution in [-0.2, 0) is 6.42 Å². The quantitative estimate of drug-likeness (QED) is 0.245. The van der Waals surface area contributed by atoms with Crippen LogP contribution in [0.5, 0.6) is 0 Å². The molecule has 2 aromatic heterocycles. The third-order valence-electron chi connectivity index (χ3n) is 6.18. The van der Waals surface area contributed by atoms with E-state index in [1.807, 2.05) is 36.7 Å². The molecule has 0 unspecified atom stereocenters. The maximum atomic E-state index is 5.59. The number of aryl methyl sites for hydroxylation is 1. The summed E-state index contributed by atoms with van der Waals surface area (Å²) >= 11 is 0. The van der Waals surface area contributed by atoms with Gasteiger partial charge in [0.15, 0.2) is 0 Å². The highest BCUT2D eigenvalue weighted by Crippen LogP contribution is 2.24. The molecule has 3 heterocycles. The Hall–Kier alpha value is -3.66. The maximum Gasteiger partial charge on any atom is 0.123 e. The maximum absolute atomic E-state index is 5.59. The number of nitrogens with one attached hydrogen (secondary N) is 3. The molecule has 0 saturated carbocycles. The lowest BCUT2D eigenvalue weighted by molar-refractivity contribution is 0.613. The van der Waals surface area contributed by atoms with E-state index in [-0.39, 0.29) is 0 Å². The number of hydrogen-bond acceptors (Lipinski definition) is 4. The second-order valence-electron chi connectivity index (χ2n) is 8.73. The van der Waals surface area contributed by atoms with E-state index in [4.69, 9.17) is 5.73 Å². The first-order chi connectivity index (χ1) is 16.8. The number of nitrogens with zero attached hydrogens (tertiary/aromatic N) is 2. The summed E-state index contributed by atoms with van der Waals surface area (Å²) in [5.41, 5.74) is 11.8. The molecule has 172 valence electrons. The van der Waals surface area contributed by atoms with Crippen molar-refractivity contribution in [3.63, 3.8) is 0 Å². The average Bonchev–Trinajstić information content (AvgIpc) is 3.65. The SMILES string of the molecule is NCCCCc1ncc(-c2cccc(C#Cc3cccc(-c4cnc([C@@H]5CCCN5)[nH]4)c3)c2)[nH]1. The Morgan fingerprint density at radius 2 is 1.59 bits per heavy atom. The van der Waals surface area contributed by atoms with Gasteiger partial charge in [-0.2, -0.15) is 0 Å². The predicted molar refractivity (Wildman–Crippen MR) is 136 cm³/mol. The largest absolute Gasteiger partial charge is 0.342 e. The van der Waals surface area contributed by atoms with Crippen molar-refractivity contribution in [3.8, 4) is 34.4 Å². The van der Waals surface area contributed by atoms with Crippen molar-refractivity contribution < 1.29 is 0 Å². The summed E-state index contributed by atoms with van der Waals surface area (Å²) in [5.74, 6) is 8.65. The number of imidazole rings is 2. The van der Waals surface area contributed by atoms with E-state index in [1.165, 1.54) is 6.42 Å². The molecule has 4 aromatic rings. The fourth-order valence-corrected chi connectivity index (χ4v) is 4.32. The predicted octanol–water partition coefficient (Wildman–Crippen LogP) is 4.57. The Labute approximate surface area is 200 Å². The van der Waals surface area contributed by atoms with Crippen LogP contribution in [0, 0.1) is 11.8 Å². The Morgan fingerprint density at radius 3 is 2.26 bits per heavy atom. The van der Waals surface area contributed by atoms with Gasteiger partial charge in [-0.25, -0.2) is 9.97 Å². The molecular formula is C28H30N6. The number of H-pyrrole nitrogens is 2. The lowest BCUT2D eigenvalue weighted by Gasteiger charge is -2.05. The van der Waals surface area contributed by atoms with Gasteiger partial charge in [-0.15, -0.1) is 0 Å². The monoisotopic (exact) mass is 450 g/mol. The Balaban J connectivity index is 1.30. The number of benzene rings is 2. The molecule has 0 radical (unpaired) electrons. The smallest absolute Gasteiger partial charge is 0.123 e. The highest BCUT2D eigenvalue weighted by atomic mass is 15.0. The average molecular weight is 451 g/mol. The van der Waals surface area contributed by atoms with E-state index in [9.17, 15) is 0 Å². The van der Waals surface area contributed by atoms with Crippen LogP contribution in [0.15, 0.2) is 60.9 Å². The first kappa shape index (κ1) is 22.1. The molecule has 6 heteroatoms. The van der Waals surface area contributed by atoms with Gasteiger partial charge in [-0.1, -0.05) is 36.1 Å². The van der Waals surface area contributed by atoms with E-state index >= 15 is 0 Å². The lowest BCUT2D eigenvalue weighted by Crippen LogP contribution is -2.14. The van der Waals surface area contributed by atoms with Crippen LogP contribution in [0.2, 0.25) is 0 Å². The fraction of sp³-hybridized carbons (Fsp3) is 0.286. The molecule has 6 nitrogen and oxygen atoms in total. The summed E-state index contributed by atoms with van der Waals surface area (Å²) in [6.45, 7) is 1.78. The minimum atomic E-state index is 0.334. The van der Waals surface area contributed by atoms with Crippen molar-refractivity contribution in [2.75, 3.05) is 13.1 Å². The summed E-state index contributed by atoms with van der Waals surface area (Å²) < 4.78 is 0. The van der Waals surface area contributed by atoms with Gasteiger partial charge in [-0.05, 0) is 63.0 Å². The summed E-state index contributed by atoms with van der Waals surface area (Å²) in [6.07, 6.45) is 9.12. The molecule has 1 atom stereocenters. The van der Waals surface area contributed by atoms with Crippen LogP contribution < -0.4 is 11.1 Å². The van der Waals surface area contributed by atoms with Crippen LogP contribution in [-0.4, -0.2) is 33.0 Å². The van der Waals surface area contributed by atoms with Crippen molar-refractivity contribution in [1.82, 2.24) is 25.3 Å². The number of nitrogens with two attached hydrogens (primary N) is 1. The molecule has 0 spiro atoms. The van der Waals surface area contributed by atoms with Crippen molar-refractivity contribution in [2.24, 2.45) is 5.73 Å². The highest BCUT2D eigenvalue weighted by molar-refractivity contribution is 5.63. The number of hydrogen-bond donors (Lipinski definition) is 4. The van der Waals surface area contributed by atoms with E-state index in [0.29, 0.717) is 6.04 Å². The van der Waals surface area contributed by atoms with Crippen LogP contribution in [0.25, 0.3) is 22.5 Å². The minimum Gasteiger partial charge on any atom is -0.342 e. The zero-order chi connectivity index (χ0) is 23.2. The molecule has 1 aliphatic heterocycles. The molecule has 2 aromatic carbocycles. The molecule has 34 heavy (non-hydrogen) atoms. The Bertz CT molecular complexity index is 1300. The number of unbranched alkanes of at least 4 members (excludes halogenated alkanes) is 1. The molecule has 0 bridgehead atoms. The molecule has 1 aliphatic rings. The second-order valence-corrected chi connectivity index (χ2v) is 8.73. The molecule has 0 aliphatic carbocycles. The minimum absolute atomic E-state index is 0.334. The van der Waals surface area contributed by atoms with Crippen molar-refractivity contribution in [3.05, 3.63) is 83.7 Å². The van der Waals surface area contributed by atoms with Gasteiger partial charge in [0.25, 0.3) is 0 Å². The van der Waals surface area contributed by atoms with Gasteiger partial charge in [0, 0.05) is 28.7 Å². The van der Waals surface area contributed by atoms with Crippen molar-refractivity contribution in [2.45, 2.75) is 38.1 Å². The van der Waals surface area contributed by atoms with Gasteiger partial charge in [0.05, 0.1) is 29.8 Å². The normalized spacial score (nSPS) is 15.3. The van der Waals surface area contributed by atoms with Gasteiger partial charge in [0.1, 0.15) is 11.6 Å². The second kappa shape index (κ2) is 10.5. The van der Waals surface area contributed by atoms with Gasteiger partial charge in [-0.3, -0.25) is 0 Å². The standard InChI is InChI=1S/C28H30N6/c29-14-2-1-11-27-31-18-25(33-27)22-8-3-6-20(16-22)12-13-21-7-4-9-23(17-21)26-19-32-28(34-26)24-10-5-15-30-24/h3-4,6-9,16-19,24,30H,1-2,5,10-11,14-15,29H2,(H,31,33)(H,32,34)/t24-/m0/s1. The third-order valence-corrected chi connectivity index (χ3v) is 6.18. The lowest BCUT2D eigenvalue weighted by atomic mass is 10.1. The van der Waals surface area contributed by atoms with Crippen molar-refractivity contribution in [1.29, 1.82) is 0 Å². The number of aromatic nitrogens is 4. The number of rotatable bonds is 7. The van der Waals surface area contributed by atoms with Crippen molar-refractivity contribution >= 4 is 0 Å². The molecule has 5 N–H and O–H groups in total.